The van der Waals surface area contributed by atoms with Crippen LogP contribution in [0.25, 0.3) is 0 Å². The molecule has 4 rings (SSSR count). The fourth-order valence-corrected chi connectivity index (χ4v) is 2.86. The van der Waals surface area contributed by atoms with Gasteiger partial charge in [0.25, 0.3) is 0 Å². The lowest BCUT2D eigenvalue weighted by Gasteiger charge is -2.19. The molecule has 0 saturated heterocycles. The van der Waals surface area contributed by atoms with E-state index in [1.165, 1.54) is 0 Å². The summed E-state index contributed by atoms with van der Waals surface area (Å²) in [6, 6.07) is 17.6. The number of nitrogens with zero attached hydrogens (tertiary/aromatic N) is 1. The van der Waals surface area contributed by atoms with Crippen molar-refractivity contribution >= 4 is 17.3 Å². The lowest BCUT2D eigenvalue weighted by atomic mass is 9.99. The maximum Gasteiger partial charge on any atom is 0.150 e. The number of para-hydroxylation sites is 1. The number of nitrogens with one attached hydrogen (secondary N) is 1. The Bertz CT molecular complexity index is 820. The highest BCUT2D eigenvalue weighted by Crippen LogP contribution is 2.42. The van der Waals surface area contributed by atoms with Crippen molar-refractivity contribution < 1.29 is 4.74 Å². The van der Waals surface area contributed by atoms with Crippen LogP contribution in [0.1, 0.15) is 17.2 Å². The molecule has 3 nitrogen and oxygen atoms in total. The number of rotatable bonds is 1. The molecule has 0 amide bonds. The maximum absolute atomic E-state index is 6.13. The van der Waals surface area contributed by atoms with Gasteiger partial charge in [0.15, 0.2) is 5.75 Å². The summed E-state index contributed by atoms with van der Waals surface area (Å²) in [6.45, 7) is 0. The molecule has 1 aliphatic heterocycles. The van der Waals surface area contributed by atoms with Gasteiger partial charge in [0.05, 0.1) is 11.7 Å². The molecule has 108 valence electrons. The third kappa shape index (κ3) is 2.30. The Hall–Kier alpha value is -2.52. The first-order valence-corrected chi connectivity index (χ1v) is 7.42. The zero-order valence-corrected chi connectivity index (χ0v) is 12.4. The van der Waals surface area contributed by atoms with Crippen LogP contribution in [-0.2, 0) is 0 Å². The van der Waals surface area contributed by atoms with Crippen LogP contribution in [0.15, 0.2) is 67.0 Å². The van der Waals surface area contributed by atoms with E-state index in [9.17, 15) is 0 Å². The fraction of sp³-hybridized carbons (Fsp3) is 0.0556. The number of ether oxygens (including phenoxy) is 1. The number of hydrogen-bond acceptors (Lipinski definition) is 3. The molecule has 2 heterocycles. The normalized spacial score (nSPS) is 15.8. The van der Waals surface area contributed by atoms with Crippen LogP contribution < -0.4 is 10.1 Å². The van der Waals surface area contributed by atoms with Crippen molar-refractivity contribution in [1.29, 1.82) is 0 Å². The number of fused-ring (bicyclic) bond motifs is 2. The molecule has 0 spiro atoms. The molecule has 0 bridgehead atoms. The van der Waals surface area contributed by atoms with Gasteiger partial charge in [-0.1, -0.05) is 29.8 Å². The number of anilines is 1. The van der Waals surface area contributed by atoms with Crippen molar-refractivity contribution in [3.8, 4) is 11.5 Å². The molecule has 4 heteroatoms. The molecule has 1 unspecified atom stereocenters. The zero-order valence-electron chi connectivity index (χ0n) is 11.7. The van der Waals surface area contributed by atoms with Crippen LogP contribution in [-0.4, -0.2) is 4.98 Å². The van der Waals surface area contributed by atoms with E-state index in [-0.39, 0.29) is 6.04 Å². The summed E-state index contributed by atoms with van der Waals surface area (Å²) in [5.41, 5.74) is 3.09. The number of benzene rings is 2. The molecule has 1 N–H and O–H groups in total. The standard InChI is InChI=1S/C18H13ClN2O/c19-13-5-6-17-15(11-13)21-18(12-7-9-20-10-8-12)14-3-1-2-4-16(14)22-17/h1-11,18,21H. The number of hydrogen-bond donors (Lipinski definition) is 1. The quantitative estimate of drug-likeness (QED) is 0.683. The van der Waals surface area contributed by atoms with Gasteiger partial charge in [-0.15, -0.1) is 0 Å². The Morgan fingerprint density at radius 2 is 1.77 bits per heavy atom. The lowest BCUT2D eigenvalue weighted by Crippen LogP contribution is -2.11. The Morgan fingerprint density at radius 3 is 2.64 bits per heavy atom. The fourth-order valence-electron chi connectivity index (χ4n) is 2.69. The molecule has 3 aromatic rings. The second-order valence-electron chi connectivity index (χ2n) is 5.14. The number of pyridine rings is 1. The second kappa shape index (κ2) is 5.35. The Morgan fingerprint density at radius 1 is 0.955 bits per heavy atom. The highest BCUT2D eigenvalue weighted by molar-refractivity contribution is 6.30. The van der Waals surface area contributed by atoms with Crippen molar-refractivity contribution in [1.82, 2.24) is 4.98 Å². The smallest absolute Gasteiger partial charge is 0.150 e. The van der Waals surface area contributed by atoms with Crippen LogP contribution in [0, 0.1) is 0 Å². The van der Waals surface area contributed by atoms with Gasteiger partial charge in [-0.2, -0.15) is 0 Å². The Balaban J connectivity index is 1.90. The molecule has 1 aromatic heterocycles. The molecule has 0 radical (unpaired) electrons. The summed E-state index contributed by atoms with van der Waals surface area (Å²) in [6.07, 6.45) is 3.59. The molecule has 22 heavy (non-hydrogen) atoms. The molecule has 0 saturated carbocycles. The third-order valence-corrected chi connectivity index (χ3v) is 3.97. The number of halogens is 1. The first kappa shape index (κ1) is 13.2. The summed E-state index contributed by atoms with van der Waals surface area (Å²) in [5, 5.41) is 4.21. The average Bonchev–Trinajstić information content (AvgIpc) is 2.72. The van der Waals surface area contributed by atoms with Gasteiger partial charge in [-0.25, -0.2) is 0 Å². The average molecular weight is 309 g/mol. The third-order valence-electron chi connectivity index (χ3n) is 3.73. The largest absolute Gasteiger partial charge is 0.455 e. The number of aromatic nitrogens is 1. The minimum absolute atomic E-state index is 0.0149. The van der Waals surface area contributed by atoms with Gasteiger partial charge in [0, 0.05) is 23.0 Å². The van der Waals surface area contributed by atoms with Crippen LogP contribution in [0.4, 0.5) is 5.69 Å². The predicted octanol–water partition coefficient (Wildman–Crippen LogP) is 5.04. The predicted molar refractivity (Wildman–Crippen MR) is 87.7 cm³/mol. The first-order valence-electron chi connectivity index (χ1n) is 7.04. The van der Waals surface area contributed by atoms with Crippen LogP contribution in [0.5, 0.6) is 11.5 Å². The summed E-state index contributed by atoms with van der Waals surface area (Å²) in [5.74, 6) is 1.62. The summed E-state index contributed by atoms with van der Waals surface area (Å²) in [7, 11) is 0. The minimum atomic E-state index is -0.0149. The van der Waals surface area contributed by atoms with E-state index in [2.05, 4.69) is 16.4 Å². The molecule has 0 aliphatic carbocycles. The summed E-state index contributed by atoms with van der Waals surface area (Å²) in [4.78, 5) is 4.10. The van der Waals surface area contributed by atoms with Crippen LogP contribution in [0.2, 0.25) is 5.02 Å². The van der Waals surface area contributed by atoms with E-state index >= 15 is 0 Å². The molecule has 1 atom stereocenters. The highest BCUT2D eigenvalue weighted by atomic mass is 35.5. The zero-order chi connectivity index (χ0) is 14.9. The summed E-state index contributed by atoms with van der Waals surface area (Å²) >= 11 is 6.13. The van der Waals surface area contributed by atoms with Crippen LogP contribution >= 0.6 is 11.6 Å². The van der Waals surface area contributed by atoms with Gasteiger partial charge in [-0.05, 0) is 42.0 Å². The minimum Gasteiger partial charge on any atom is -0.455 e. The monoisotopic (exact) mass is 308 g/mol. The Kier molecular flexibility index (Phi) is 3.20. The molecule has 0 fully saturated rings. The topological polar surface area (TPSA) is 34.2 Å². The molecular weight excluding hydrogens is 296 g/mol. The second-order valence-corrected chi connectivity index (χ2v) is 5.57. The molecule has 2 aromatic carbocycles. The Labute approximate surface area is 133 Å². The van der Waals surface area contributed by atoms with E-state index in [1.807, 2.05) is 48.5 Å². The van der Waals surface area contributed by atoms with Gasteiger partial charge < -0.3 is 10.1 Å². The van der Waals surface area contributed by atoms with Crippen LogP contribution in [0.3, 0.4) is 0 Å². The van der Waals surface area contributed by atoms with Crippen molar-refractivity contribution in [2.45, 2.75) is 6.04 Å². The van der Waals surface area contributed by atoms with Crippen molar-refractivity contribution in [2.75, 3.05) is 5.32 Å². The van der Waals surface area contributed by atoms with Crippen molar-refractivity contribution in [3.05, 3.63) is 83.1 Å². The van der Waals surface area contributed by atoms with E-state index in [4.69, 9.17) is 16.3 Å². The van der Waals surface area contributed by atoms with Gasteiger partial charge >= 0.3 is 0 Å². The van der Waals surface area contributed by atoms with E-state index in [0.29, 0.717) is 5.02 Å². The van der Waals surface area contributed by atoms with Crippen molar-refractivity contribution in [2.24, 2.45) is 0 Å². The van der Waals surface area contributed by atoms with Crippen molar-refractivity contribution in [3.63, 3.8) is 0 Å². The van der Waals surface area contributed by atoms with E-state index < -0.39 is 0 Å². The van der Waals surface area contributed by atoms with Gasteiger partial charge in [0.2, 0.25) is 0 Å². The highest BCUT2D eigenvalue weighted by Gasteiger charge is 2.23. The molecule has 1 aliphatic rings. The molecular formula is C18H13ClN2O. The lowest BCUT2D eigenvalue weighted by molar-refractivity contribution is 0.483. The van der Waals surface area contributed by atoms with Gasteiger partial charge in [-0.3, -0.25) is 4.98 Å². The van der Waals surface area contributed by atoms with E-state index in [1.54, 1.807) is 12.4 Å². The summed E-state index contributed by atoms with van der Waals surface area (Å²) < 4.78 is 6.07. The van der Waals surface area contributed by atoms with Gasteiger partial charge in [0.1, 0.15) is 5.75 Å². The van der Waals surface area contributed by atoms with E-state index in [0.717, 1.165) is 28.3 Å². The SMILES string of the molecule is Clc1ccc2c(c1)NC(c1ccncc1)c1ccccc1O2. The first-order chi connectivity index (χ1) is 10.8. The maximum atomic E-state index is 6.13.